The Labute approximate surface area is 133 Å². The van der Waals surface area contributed by atoms with Gasteiger partial charge in [0, 0.05) is 20.6 Å². The molecule has 0 aliphatic carbocycles. The van der Waals surface area contributed by atoms with Gasteiger partial charge in [0.1, 0.15) is 11.6 Å². The number of hydrazine groups is 1. The van der Waals surface area contributed by atoms with Crippen LogP contribution in [0.3, 0.4) is 0 Å². The molecule has 0 amide bonds. The molecule has 0 heterocycles. The van der Waals surface area contributed by atoms with E-state index in [0.29, 0.717) is 4.47 Å². The zero-order valence-electron chi connectivity index (χ0n) is 9.93. The van der Waals surface area contributed by atoms with Gasteiger partial charge in [-0.15, -0.1) is 0 Å². The molecule has 3 N–H and O–H groups in total. The molecular formula is C13H9BrCl2F2N2. The number of benzene rings is 2. The van der Waals surface area contributed by atoms with Crippen LogP contribution in [0.15, 0.2) is 34.8 Å². The van der Waals surface area contributed by atoms with E-state index in [4.69, 9.17) is 29.0 Å². The van der Waals surface area contributed by atoms with Crippen molar-refractivity contribution in [2.24, 2.45) is 5.84 Å². The normalized spacial score (nSPS) is 12.5. The van der Waals surface area contributed by atoms with E-state index in [-0.39, 0.29) is 21.2 Å². The predicted molar refractivity (Wildman–Crippen MR) is 79.7 cm³/mol. The van der Waals surface area contributed by atoms with Crippen LogP contribution in [0.5, 0.6) is 0 Å². The highest BCUT2D eigenvalue weighted by Crippen LogP contribution is 2.33. The van der Waals surface area contributed by atoms with Crippen molar-refractivity contribution in [1.29, 1.82) is 0 Å². The summed E-state index contributed by atoms with van der Waals surface area (Å²) in [5.41, 5.74) is 2.70. The molecule has 1 unspecified atom stereocenters. The number of halogens is 5. The van der Waals surface area contributed by atoms with Gasteiger partial charge in [0.05, 0.1) is 11.1 Å². The number of nitrogens with two attached hydrogens (primary N) is 1. The monoisotopic (exact) mass is 380 g/mol. The average Bonchev–Trinajstić information content (AvgIpc) is 2.41. The zero-order valence-corrected chi connectivity index (χ0v) is 13.0. The Balaban J connectivity index is 2.55. The Bertz CT molecular complexity index is 653. The summed E-state index contributed by atoms with van der Waals surface area (Å²) in [6.45, 7) is 0. The minimum absolute atomic E-state index is 0.0860. The quantitative estimate of drug-likeness (QED) is 0.463. The van der Waals surface area contributed by atoms with E-state index in [1.54, 1.807) is 6.07 Å². The summed E-state index contributed by atoms with van der Waals surface area (Å²) >= 11 is 14.6. The summed E-state index contributed by atoms with van der Waals surface area (Å²) in [6, 6.07) is 6.25. The van der Waals surface area contributed by atoms with Crippen LogP contribution < -0.4 is 11.3 Å². The van der Waals surface area contributed by atoms with E-state index in [1.165, 1.54) is 18.2 Å². The van der Waals surface area contributed by atoms with Gasteiger partial charge in [0.15, 0.2) is 0 Å². The second-order valence-corrected chi connectivity index (χ2v) is 5.70. The third kappa shape index (κ3) is 2.97. The van der Waals surface area contributed by atoms with Crippen molar-refractivity contribution in [3.8, 4) is 0 Å². The van der Waals surface area contributed by atoms with Gasteiger partial charge < -0.3 is 0 Å². The Morgan fingerprint density at radius 2 is 1.75 bits per heavy atom. The molecular weight excluding hydrogens is 373 g/mol. The highest BCUT2D eigenvalue weighted by molar-refractivity contribution is 9.10. The SMILES string of the molecule is NNC(c1ccc(Cl)cc1F)c1ccc(Br)c(Cl)c1F. The molecule has 0 aliphatic heterocycles. The molecule has 0 aromatic heterocycles. The van der Waals surface area contributed by atoms with Crippen LogP contribution in [0.25, 0.3) is 0 Å². The first-order chi connectivity index (χ1) is 9.45. The summed E-state index contributed by atoms with van der Waals surface area (Å²) in [4.78, 5) is 0. The topological polar surface area (TPSA) is 38.0 Å². The molecule has 0 saturated heterocycles. The Morgan fingerprint density at radius 1 is 1.10 bits per heavy atom. The van der Waals surface area contributed by atoms with Crippen molar-refractivity contribution in [2.45, 2.75) is 6.04 Å². The third-order valence-corrected chi connectivity index (χ3v) is 4.31. The molecule has 20 heavy (non-hydrogen) atoms. The Morgan fingerprint density at radius 3 is 2.35 bits per heavy atom. The molecule has 0 saturated carbocycles. The van der Waals surface area contributed by atoms with Gasteiger partial charge in [-0.1, -0.05) is 35.3 Å². The maximum absolute atomic E-state index is 14.2. The van der Waals surface area contributed by atoms with Crippen molar-refractivity contribution in [3.63, 3.8) is 0 Å². The third-order valence-electron chi connectivity index (χ3n) is 2.82. The van der Waals surface area contributed by atoms with E-state index >= 15 is 0 Å². The van der Waals surface area contributed by atoms with Crippen LogP contribution in [0.4, 0.5) is 8.78 Å². The van der Waals surface area contributed by atoms with Crippen molar-refractivity contribution in [2.75, 3.05) is 0 Å². The van der Waals surface area contributed by atoms with Gasteiger partial charge in [-0.2, -0.15) is 0 Å². The molecule has 7 heteroatoms. The molecule has 0 bridgehead atoms. The van der Waals surface area contributed by atoms with E-state index in [0.717, 1.165) is 6.07 Å². The summed E-state index contributed by atoms with van der Waals surface area (Å²) in [5, 5.41) is 0.161. The fourth-order valence-corrected chi connectivity index (χ4v) is 2.48. The van der Waals surface area contributed by atoms with Crippen LogP contribution >= 0.6 is 39.1 Å². The first-order valence-electron chi connectivity index (χ1n) is 5.50. The molecule has 2 aromatic rings. The number of hydrogen-bond donors (Lipinski definition) is 2. The number of hydrogen-bond acceptors (Lipinski definition) is 2. The summed E-state index contributed by atoms with van der Waals surface area (Å²) in [7, 11) is 0. The number of nitrogens with one attached hydrogen (secondary N) is 1. The van der Waals surface area contributed by atoms with Crippen LogP contribution in [0.1, 0.15) is 17.2 Å². The fraction of sp³-hybridized carbons (Fsp3) is 0.0769. The van der Waals surface area contributed by atoms with E-state index in [2.05, 4.69) is 21.4 Å². The van der Waals surface area contributed by atoms with Crippen molar-refractivity contribution in [3.05, 3.63) is 67.6 Å². The minimum atomic E-state index is -0.877. The van der Waals surface area contributed by atoms with Gasteiger partial charge in [0.25, 0.3) is 0 Å². The maximum Gasteiger partial charge on any atom is 0.148 e. The Kier molecular flexibility index (Phi) is 4.99. The Hall–Kier alpha value is -0.720. The lowest BCUT2D eigenvalue weighted by Crippen LogP contribution is -2.30. The molecule has 1 atom stereocenters. The lowest BCUT2D eigenvalue weighted by atomic mass is 9.98. The number of rotatable bonds is 3. The second kappa shape index (κ2) is 6.37. The van der Waals surface area contributed by atoms with Gasteiger partial charge >= 0.3 is 0 Å². The average molecular weight is 382 g/mol. The molecule has 2 nitrogen and oxygen atoms in total. The van der Waals surface area contributed by atoms with E-state index in [1.807, 2.05) is 0 Å². The largest absolute Gasteiger partial charge is 0.271 e. The summed E-state index contributed by atoms with van der Waals surface area (Å²) in [5.74, 6) is 4.18. The minimum Gasteiger partial charge on any atom is -0.271 e. The van der Waals surface area contributed by atoms with E-state index < -0.39 is 17.7 Å². The summed E-state index contributed by atoms with van der Waals surface area (Å²) < 4.78 is 28.5. The van der Waals surface area contributed by atoms with Crippen LogP contribution in [-0.2, 0) is 0 Å². The molecule has 2 aromatic carbocycles. The van der Waals surface area contributed by atoms with Crippen LogP contribution in [0, 0.1) is 11.6 Å². The molecule has 2 rings (SSSR count). The highest BCUT2D eigenvalue weighted by atomic mass is 79.9. The van der Waals surface area contributed by atoms with Gasteiger partial charge in [-0.3, -0.25) is 5.84 Å². The van der Waals surface area contributed by atoms with E-state index in [9.17, 15) is 8.78 Å². The van der Waals surface area contributed by atoms with Crippen molar-refractivity contribution >= 4 is 39.1 Å². The second-order valence-electron chi connectivity index (χ2n) is 4.03. The van der Waals surface area contributed by atoms with Crippen molar-refractivity contribution < 1.29 is 8.78 Å². The van der Waals surface area contributed by atoms with Gasteiger partial charge in [-0.25, -0.2) is 14.2 Å². The van der Waals surface area contributed by atoms with Crippen LogP contribution in [0.2, 0.25) is 10.0 Å². The highest BCUT2D eigenvalue weighted by Gasteiger charge is 2.22. The predicted octanol–water partition coefficient (Wildman–Crippen LogP) is 4.59. The molecule has 0 spiro atoms. The molecule has 106 valence electrons. The first kappa shape index (κ1) is 15.7. The van der Waals surface area contributed by atoms with Gasteiger partial charge in [-0.05, 0) is 34.1 Å². The fourth-order valence-electron chi connectivity index (χ4n) is 1.85. The first-order valence-corrected chi connectivity index (χ1v) is 7.05. The smallest absolute Gasteiger partial charge is 0.148 e. The zero-order chi connectivity index (χ0) is 14.9. The maximum atomic E-state index is 14.2. The summed E-state index contributed by atoms with van der Waals surface area (Å²) in [6.07, 6.45) is 0. The van der Waals surface area contributed by atoms with Crippen LogP contribution in [-0.4, -0.2) is 0 Å². The van der Waals surface area contributed by atoms with Gasteiger partial charge in [0.2, 0.25) is 0 Å². The molecule has 0 radical (unpaired) electrons. The molecule has 0 fully saturated rings. The van der Waals surface area contributed by atoms with Crippen molar-refractivity contribution in [1.82, 2.24) is 5.43 Å². The lowest BCUT2D eigenvalue weighted by molar-refractivity contribution is 0.531. The molecule has 0 aliphatic rings. The standard InChI is InChI=1S/C13H9BrCl2F2N2/c14-9-4-3-8(12(18)11(9)16)13(20-19)7-2-1-6(15)5-10(7)17/h1-5,13,20H,19H2. The lowest BCUT2D eigenvalue weighted by Gasteiger charge is -2.19.